The number of aryl methyl sites for hydroxylation is 1. The number of benzene rings is 3. The van der Waals surface area contributed by atoms with Crippen LogP contribution in [0.25, 0.3) is 0 Å². The van der Waals surface area contributed by atoms with Gasteiger partial charge in [-0.1, -0.05) is 48.5 Å². The zero-order valence-electron chi connectivity index (χ0n) is 18.5. The van der Waals surface area contributed by atoms with Gasteiger partial charge in [-0.2, -0.15) is 0 Å². The first kappa shape index (κ1) is 22.9. The first-order chi connectivity index (χ1) is 15.5. The van der Waals surface area contributed by atoms with Crippen LogP contribution in [-0.4, -0.2) is 37.4 Å². The Morgan fingerprint density at radius 2 is 1.56 bits per heavy atom. The second-order valence-electron chi connectivity index (χ2n) is 7.69. The number of carbonyl (C=O) groups excluding carboxylic acids is 2. The summed E-state index contributed by atoms with van der Waals surface area (Å²) in [6.45, 7) is 0.618. The summed E-state index contributed by atoms with van der Waals surface area (Å²) in [4.78, 5) is 25.7. The second-order valence-corrected chi connectivity index (χ2v) is 7.69. The van der Waals surface area contributed by atoms with Gasteiger partial charge in [-0.05, 0) is 41.8 Å². The molecule has 6 nitrogen and oxygen atoms in total. The molecular weight excluding hydrogens is 402 g/mol. The summed E-state index contributed by atoms with van der Waals surface area (Å²) in [6, 6.07) is 25.1. The van der Waals surface area contributed by atoms with Crippen molar-refractivity contribution in [2.24, 2.45) is 0 Å². The molecule has 0 radical (unpaired) electrons. The molecule has 0 heterocycles. The molecule has 0 spiro atoms. The third kappa shape index (κ3) is 7.47. The predicted molar refractivity (Wildman–Crippen MR) is 128 cm³/mol. The molecule has 0 aromatic heterocycles. The number of carbonyl (C=O) groups is 2. The molecule has 0 aliphatic rings. The fourth-order valence-corrected chi connectivity index (χ4v) is 3.10. The number of rotatable bonds is 10. The van der Waals surface area contributed by atoms with Gasteiger partial charge in [0.25, 0.3) is 0 Å². The molecule has 0 aliphatic carbocycles. The second kappa shape index (κ2) is 11.6. The average Bonchev–Trinajstić information content (AvgIpc) is 2.81. The van der Waals surface area contributed by atoms with E-state index < -0.39 is 0 Å². The number of hydrogen-bond donors (Lipinski definition) is 2. The fourth-order valence-electron chi connectivity index (χ4n) is 3.10. The number of nitrogens with one attached hydrogen (secondary N) is 2. The van der Waals surface area contributed by atoms with E-state index in [1.165, 1.54) is 0 Å². The minimum atomic E-state index is -0.151. The summed E-state index contributed by atoms with van der Waals surface area (Å²) < 4.78 is 5.84. The van der Waals surface area contributed by atoms with E-state index in [4.69, 9.17) is 4.74 Å². The smallest absolute Gasteiger partial charge is 0.243 e. The lowest BCUT2D eigenvalue weighted by Gasteiger charge is -2.12. The van der Waals surface area contributed by atoms with Gasteiger partial charge in [0.1, 0.15) is 12.4 Å². The zero-order chi connectivity index (χ0) is 22.8. The van der Waals surface area contributed by atoms with Gasteiger partial charge >= 0.3 is 0 Å². The Kier molecular flexibility index (Phi) is 8.26. The molecule has 2 amide bonds. The number of hydrogen-bond acceptors (Lipinski definition) is 4. The van der Waals surface area contributed by atoms with Crippen LogP contribution >= 0.6 is 0 Å². The Balaban J connectivity index is 1.47. The summed E-state index contributed by atoms with van der Waals surface area (Å²) in [5.74, 6) is 0.667. The highest BCUT2D eigenvalue weighted by Crippen LogP contribution is 2.19. The molecule has 0 saturated heterocycles. The summed E-state index contributed by atoms with van der Waals surface area (Å²) in [6.07, 6.45) is 1.07. The van der Waals surface area contributed by atoms with Crippen molar-refractivity contribution < 1.29 is 14.3 Å². The molecule has 3 aromatic carbocycles. The van der Waals surface area contributed by atoms with Crippen molar-refractivity contribution >= 4 is 23.2 Å². The van der Waals surface area contributed by atoms with Crippen molar-refractivity contribution in [2.45, 2.75) is 19.4 Å². The van der Waals surface area contributed by atoms with Gasteiger partial charge in [-0.25, -0.2) is 0 Å². The lowest BCUT2D eigenvalue weighted by molar-refractivity contribution is -0.128. The molecule has 0 saturated carbocycles. The number of amides is 2. The Labute approximate surface area is 189 Å². The summed E-state index contributed by atoms with van der Waals surface area (Å²) in [5.41, 5.74) is 3.63. The Morgan fingerprint density at radius 1 is 0.844 bits per heavy atom. The number of anilines is 2. The van der Waals surface area contributed by atoms with Crippen LogP contribution in [0.5, 0.6) is 5.75 Å². The van der Waals surface area contributed by atoms with Gasteiger partial charge in [-0.15, -0.1) is 0 Å². The van der Waals surface area contributed by atoms with E-state index >= 15 is 0 Å². The van der Waals surface area contributed by atoms with E-state index in [9.17, 15) is 9.59 Å². The van der Waals surface area contributed by atoms with Crippen molar-refractivity contribution in [1.82, 2.24) is 4.90 Å². The Hall–Kier alpha value is -3.80. The van der Waals surface area contributed by atoms with Gasteiger partial charge < -0.3 is 20.3 Å². The summed E-state index contributed by atoms with van der Waals surface area (Å²) in [5, 5.41) is 6.02. The molecule has 6 heteroatoms. The van der Waals surface area contributed by atoms with Crippen LogP contribution in [0.15, 0.2) is 78.9 Å². The minimum absolute atomic E-state index is 0.0821. The van der Waals surface area contributed by atoms with Crippen LogP contribution in [-0.2, 0) is 22.6 Å². The molecule has 0 fully saturated rings. The maximum atomic E-state index is 12.4. The molecular formula is C26H29N3O3. The topological polar surface area (TPSA) is 70.7 Å². The first-order valence-corrected chi connectivity index (χ1v) is 10.6. The van der Waals surface area contributed by atoms with Crippen LogP contribution in [0.1, 0.15) is 17.5 Å². The van der Waals surface area contributed by atoms with Crippen LogP contribution in [0, 0.1) is 0 Å². The van der Waals surface area contributed by atoms with Crippen molar-refractivity contribution in [3.63, 3.8) is 0 Å². The lowest BCUT2D eigenvalue weighted by atomic mass is 10.1. The Bertz CT molecular complexity index is 1040. The lowest BCUT2D eigenvalue weighted by Crippen LogP contribution is -2.22. The third-order valence-electron chi connectivity index (χ3n) is 4.87. The van der Waals surface area contributed by atoms with E-state index in [2.05, 4.69) is 10.6 Å². The first-order valence-electron chi connectivity index (χ1n) is 10.6. The molecule has 3 aromatic rings. The highest BCUT2D eigenvalue weighted by Gasteiger charge is 2.07. The maximum Gasteiger partial charge on any atom is 0.243 e. The summed E-state index contributed by atoms with van der Waals surface area (Å²) in [7, 11) is 3.49. The molecule has 3 rings (SSSR count). The van der Waals surface area contributed by atoms with Gasteiger partial charge in [0.2, 0.25) is 11.8 Å². The fraction of sp³-hybridized carbons (Fsp3) is 0.231. The zero-order valence-corrected chi connectivity index (χ0v) is 18.5. The van der Waals surface area contributed by atoms with Gasteiger partial charge in [0.15, 0.2) is 0 Å². The minimum Gasteiger partial charge on any atom is -0.489 e. The van der Waals surface area contributed by atoms with E-state index in [0.717, 1.165) is 22.6 Å². The highest BCUT2D eigenvalue weighted by molar-refractivity contribution is 5.93. The SMILES string of the molecule is CN(C)C(=O)CCc1cccc(NC(=O)CNc2cccc(OCc3ccccc3)c2)c1. The van der Waals surface area contributed by atoms with Crippen LogP contribution < -0.4 is 15.4 Å². The van der Waals surface area contributed by atoms with E-state index in [1.807, 2.05) is 78.9 Å². The standard InChI is InChI=1S/C26H29N3O3/c1-29(2)26(31)15-14-20-10-6-12-23(16-20)28-25(30)18-27-22-11-7-13-24(17-22)32-19-21-8-4-3-5-9-21/h3-13,16-17,27H,14-15,18-19H2,1-2H3,(H,28,30). The van der Waals surface area contributed by atoms with E-state index in [1.54, 1.807) is 19.0 Å². The Morgan fingerprint density at radius 3 is 2.34 bits per heavy atom. The molecule has 0 bridgehead atoms. The molecule has 0 unspecified atom stereocenters. The van der Waals surface area contributed by atoms with Crippen LogP contribution in [0.2, 0.25) is 0 Å². The third-order valence-corrected chi connectivity index (χ3v) is 4.87. The van der Waals surface area contributed by atoms with Crippen molar-refractivity contribution in [1.29, 1.82) is 0 Å². The van der Waals surface area contributed by atoms with Gasteiger partial charge in [0, 0.05) is 38.0 Å². The number of ether oxygens (including phenoxy) is 1. The van der Waals surface area contributed by atoms with E-state index in [-0.39, 0.29) is 18.4 Å². The molecule has 0 atom stereocenters. The largest absolute Gasteiger partial charge is 0.489 e. The summed E-state index contributed by atoms with van der Waals surface area (Å²) >= 11 is 0. The van der Waals surface area contributed by atoms with Crippen molar-refractivity contribution in [3.05, 3.63) is 90.0 Å². The average molecular weight is 432 g/mol. The molecule has 0 aliphatic heterocycles. The maximum absolute atomic E-state index is 12.4. The van der Waals surface area contributed by atoms with Crippen molar-refractivity contribution in [2.75, 3.05) is 31.3 Å². The quantitative estimate of drug-likeness (QED) is 0.501. The van der Waals surface area contributed by atoms with Crippen LogP contribution in [0.4, 0.5) is 11.4 Å². The molecule has 166 valence electrons. The van der Waals surface area contributed by atoms with Gasteiger partial charge in [-0.3, -0.25) is 9.59 Å². The van der Waals surface area contributed by atoms with Gasteiger partial charge in [0.05, 0.1) is 6.54 Å². The monoisotopic (exact) mass is 431 g/mol. The van der Waals surface area contributed by atoms with E-state index in [0.29, 0.717) is 25.1 Å². The predicted octanol–water partition coefficient (Wildman–Crippen LogP) is 4.34. The number of nitrogens with zero attached hydrogens (tertiary/aromatic N) is 1. The van der Waals surface area contributed by atoms with Crippen LogP contribution in [0.3, 0.4) is 0 Å². The molecule has 2 N–H and O–H groups in total. The molecule has 32 heavy (non-hydrogen) atoms. The van der Waals surface area contributed by atoms with Crippen molar-refractivity contribution in [3.8, 4) is 5.75 Å². The highest BCUT2D eigenvalue weighted by atomic mass is 16.5. The normalized spacial score (nSPS) is 10.3.